The van der Waals surface area contributed by atoms with Gasteiger partial charge in [0.25, 0.3) is 0 Å². The number of hydrogen-bond acceptors (Lipinski definition) is 2. The Morgan fingerprint density at radius 3 is 2.75 bits per heavy atom. The molecule has 5 heteroatoms. The van der Waals surface area contributed by atoms with Crippen molar-refractivity contribution < 1.29 is 4.79 Å². The second-order valence-corrected chi connectivity index (χ2v) is 4.25. The predicted octanol–water partition coefficient (Wildman–Crippen LogP) is 0.463. The third-order valence-electron chi connectivity index (χ3n) is 3.02. The molecule has 0 aromatic carbocycles. The lowest BCUT2D eigenvalue weighted by Gasteiger charge is -2.13. The van der Waals surface area contributed by atoms with Gasteiger partial charge in [-0.05, 0) is 19.8 Å². The van der Waals surface area contributed by atoms with E-state index in [-0.39, 0.29) is 18.1 Å². The van der Waals surface area contributed by atoms with Crippen LogP contribution in [-0.2, 0) is 11.3 Å². The monoisotopic (exact) mass is 223 g/mol. The van der Waals surface area contributed by atoms with E-state index in [0.29, 0.717) is 12.6 Å². The maximum Gasteiger partial charge on any atom is 0.328 e. The molecular formula is C11H17N3O2. The molecule has 0 unspecified atom stereocenters. The standard InChI is InChI=1S/C11H17N3O2/c1-3-12(2)10(15)8-13-6-7-14(11(13)16)9-4-5-9/h6-7,9H,3-5,8H2,1-2H3. The molecule has 0 bridgehead atoms. The van der Waals surface area contributed by atoms with Crippen molar-refractivity contribution in [3.63, 3.8) is 0 Å². The molecule has 88 valence electrons. The number of amides is 1. The fourth-order valence-corrected chi connectivity index (χ4v) is 1.62. The Morgan fingerprint density at radius 2 is 2.19 bits per heavy atom. The van der Waals surface area contributed by atoms with E-state index in [2.05, 4.69) is 0 Å². The predicted molar refractivity (Wildman–Crippen MR) is 60.3 cm³/mol. The van der Waals surface area contributed by atoms with Gasteiger partial charge in [0.15, 0.2) is 0 Å². The number of aromatic nitrogens is 2. The molecule has 5 nitrogen and oxygen atoms in total. The minimum Gasteiger partial charge on any atom is -0.344 e. The van der Waals surface area contributed by atoms with Gasteiger partial charge in [-0.15, -0.1) is 0 Å². The third-order valence-corrected chi connectivity index (χ3v) is 3.02. The first-order valence-corrected chi connectivity index (χ1v) is 5.64. The van der Waals surface area contributed by atoms with Crippen LogP contribution in [0.2, 0.25) is 0 Å². The molecule has 1 fully saturated rings. The van der Waals surface area contributed by atoms with Crippen LogP contribution in [0.25, 0.3) is 0 Å². The van der Waals surface area contributed by atoms with Crippen LogP contribution in [0.5, 0.6) is 0 Å². The topological polar surface area (TPSA) is 47.2 Å². The van der Waals surface area contributed by atoms with Crippen molar-refractivity contribution in [2.45, 2.75) is 32.4 Å². The summed E-state index contributed by atoms with van der Waals surface area (Å²) in [5, 5.41) is 0. The van der Waals surface area contributed by atoms with Crippen LogP contribution >= 0.6 is 0 Å². The molecule has 0 spiro atoms. The van der Waals surface area contributed by atoms with Crippen molar-refractivity contribution in [1.82, 2.24) is 14.0 Å². The largest absolute Gasteiger partial charge is 0.344 e. The van der Waals surface area contributed by atoms with E-state index in [1.807, 2.05) is 6.92 Å². The highest BCUT2D eigenvalue weighted by molar-refractivity contribution is 5.75. The first kappa shape index (κ1) is 11.0. The fraction of sp³-hybridized carbons (Fsp3) is 0.636. The zero-order valence-corrected chi connectivity index (χ0v) is 9.72. The molecule has 1 aromatic heterocycles. The van der Waals surface area contributed by atoms with Gasteiger partial charge < -0.3 is 4.90 Å². The quantitative estimate of drug-likeness (QED) is 0.744. The molecule has 0 N–H and O–H groups in total. The number of imidazole rings is 1. The van der Waals surface area contributed by atoms with Gasteiger partial charge in [-0.2, -0.15) is 0 Å². The first-order valence-electron chi connectivity index (χ1n) is 5.64. The highest BCUT2D eigenvalue weighted by Crippen LogP contribution is 2.33. The zero-order valence-electron chi connectivity index (χ0n) is 9.72. The summed E-state index contributed by atoms with van der Waals surface area (Å²) in [5.74, 6) is -0.0295. The average Bonchev–Trinajstić information content (AvgIpc) is 3.05. The Morgan fingerprint density at radius 1 is 1.50 bits per heavy atom. The maximum atomic E-state index is 11.9. The van der Waals surface area contributed by atoms with Crippen LogP contribution in [0.15, 0.2) is 17.2 Å². The van der Waals surface area contributed by atoms with Crippen LogP contribution in [0.1, 0.15) is 25.8 Å². The SMILES string of the molecule is CCN(C)C(=O)Cn1ccn(C2CC2)c1=O. The van der Waals surface area contributed by atoms with E-state index >= 15 is 0 Å². The van der Waals surface area contributed by atoms with Gasteiger partial charge in [-0.1, -0.05) is 0 Å². The molecule has 1 heterocycles. The Kier molecular flexibility index (Phi) is 2.85. The van der Waals surface area contributed by atoms with Crippen LogP contribution in [0.4, 0.5) is 0 Å². The molecule has 2 rings (SSSR count). The van der Waals surface area contributed by atoms with Crippen molar-refractivity contribution in [1.29, 1.82) is 0 Å². The molecule has 0 radical (unpaired) electrons. The molecule has 0 saturated heterocycles. The van der Waals surface area contributed by atoms with Crippen LogP contribution < -0.4 is 5.69 Å². The molecule has 16 heavy (non-hydrogen) atoms. The number of nitrogens with zero attached hydrogens (tertiary/aromatic N) is 3. The van der Waals surface area contributed by atoms with Crippen molar-refractivity contribution >= 4 is 5.91 Å². The second-order valence-electron chi connectivity index (χ2n) is 4.25. The van der Waals surface area contributed by atoms with E-state index < -0.39 is 0 Å². The lowest BCUT2D eigenvalue weighted by Crippen LogP contribution is -2.34. The van der Waals surface area contributed by atoms with Gasteiger partial charge in [-0.3, -0.25) is 13.9 Å². The van der Waals surface area contributed by atoms with Crippen molar-refractivity contribution in [2.24, 2.45) is 0 Å². The van der Waals surface area contributed by atoms with Crippen molar-refractivity contribution in [3.05, 3.63) is 22.9 Å². The highest BCUT2D eigenvalue weighted by atomic mass is 16.2. The molecular weight excluding hydrogens is 206 g/mol. The van der Waals surface area contributed by atoms with E-state index in [1.165, 1.54) is 4.57 Å². The van der Waals surface area contributed by atoms with Gasteiger partial charge in [-0.25, -0.2) is 4.79 Å². The summed E-state index contributed by atoms with van der Waals surface area (Å²) in [4.78, 5) is 25.1. The smallest absolute Gasteiger partial charge is 0.328 e. The average molecular weight is 223 g/mol. The zero-order chi connectivity index (χ0) is 11.7. The molecule has 0 aliphatic heterocycles. The van der Waals surface area contributed by atoms with Gasteiger partial charge in [0.1, 0.15) is 6.54 Å². The maximum absolute atomic E-state index is 11.9. The number of carbonyl (C=O) groups excluding carboxylic acids is 1. The number of hydrogen-bond donors (Lipinski definition) is 0. The van der Waals surface area contributed by atoms with Gasteiger partial charge >= 0.3 is 5.69 Å². The molecule has 1 aromatic rings. The van der Waals surface area contributed by atoms with Crippen molar-refractivity contribution in [2.75, 3.05) is 13.6 Å². The fourth-order valence-electron chi connectivity index (χ4n) is 1.62. The van der Waals surface area contributed by atoms with Crippen molar-refractivity contribution in [3.8, 4) is 0 Å². The molecule has 1 saturated carbocycles. The summed E-state index contributed by atoms with van der Waals surface area (Å²) in [6, 6.07) is 0.368. The van der Waals surface area contributed by atoms with Crippen LogP contribution in [0, 0.1) is 0 Å². The third kappa shape index (κ3) is 2.03. The van der Waals surface area contributed by atoms with Crippen LogP contribution in [-0.4, -0.2) is 33.5 Å². The second kappa shape index (κ2) is 4.15. The van der Waals surface area contributed by atoms with E-state index in [0.717, 1.165) is 12.8 Å². The number of carbonyl (C=O) groups is 1. The lowest BCUT2D eigenvalue weighted by atomic mass is 10.5. The Balaban J connectivity index is 2.10. The lowest BCUT2D eigenvalue weighted by molar-refractivity contribution is -0.130. The van der Waals surface area contributed by atoms with E-state index in [1.54, 1.807) is 28.9 Å². The van der Waals surface area contributed by atoms with Gasteiger partial charge in [0, 0.05) is 32.0 Å². The minimum atomic E-state index is -0.0691. The summed E-state index contributed by atoms with van der Waals surface area (Å²) in [5.41, 5.74) is -0.0691. The Labute approximate surface area is 94.3 Å². The molecule has 1 aliphatic carbocycles. The molecule has 1 amide bonds. The summed E-state index contributed by atoms with van der Waals surface area (Å²) < 4.78 is 3.20. The normalized spacial score (nSPS) is 15.1. The summed E-state index contributed by atoms with van der Waals surface area (Å²) in [7, 11) is 1.74. The van der Waals surface area contributed by atoms with Gasteiger partial charge in [0.05, 0.1) is 0 Å². The van der Waals surface area contributed by atoms with Gasteiger partial charge in [0.2, 0.25) is 5.91 Å². The highest BCUT2D eigenvalue weighted by Gasteiger charge is 2.25. The number of likely N-dealkylation sites (N-methyl/N-ethyl adjacent to an activating group) is 1. The van der Waals surface area contributed by atoms with E-state index in [9.17, 15) is 9.59 Å². The summed E-state index contributed by atoms with van der Waals surface area (Å²) >= 11 is 0. The van der Waals surface area contributed by atoms with Crippen LogP contribution in [0.3, 0.4) is 0 Å². The summed E-state index contributed by atoms with van der Waals surface area (Å²) in [6.07, 6.45) is 5.63. The van der Waals surface area contributed by atoms with E-state index in [4.69, 9.17) is 0 Å². The molecule has 1 aliphatic rings. The Hall–Kier alpha value is -1.52. The minimum absolute atomic E-state index is 0.0295. The molecule has 0 atom stereocenters. The Bertz CT molecular complexity index is 442. The number of rotatable bonds is 4. The summed E-state index contributed by atoms with van der Waals surface area (Å²) in [6.45, 7) is 2.72. The first-order chi connectivity index (χ1) is 7.63.